The van der Waals surface area contributed by atoms with E-state index in [1.807, 2.05) is 11.5 Å². The summed E-state index contributed by atoms with van der Waals surface area (Å²) in [5.74, 6) is -1.17. The molecule has 3 aromatic rings. The molecule has 0 N–H and O–H groups in total. The molecule has 1 amide bonds. The zero-order valence-electron chi connectivity index (χ0n) is 14.1. The van der Waals surface area contributed by atoms with Crippen molar-refractivity contribution < 1.29 is 17.6 Å². The van der Waals surface area contributed by atoms with E-state index >= 15 is 0 Å². The van der Waals surface area contributed by atoms with Gasteiger partial charge in [0.25, 0.3) is 0 Å². The zero-order valence-corrected chi connectivity index (χ0v) is 15.7. The van der Waals surface area contributed by atoms with Crippen molar-refractivity contribution >= 4 is 37.3 Å². The molecule has 0 radical (unpaired) electrons. The second-order valence-electron chi connectivity index (χ2n) is 5.63. The maximum Gasteiger partial charge on any atom is 0.249 e. The normalized spacial score (nSPS) is 12.6. The fourth-order valence-electron chi connectivity index (χ4n) is 2.57. The average Bonchev–Trinajstić information content (AvgIpc) is 2.96. The maximum absolute atomic E-state index is 13.4. The van der Waals surface area contributed by atoms with E-state index in [9.17, 15) is 17.6 Å². The Balaban J connectivity index is 1.84. The minimum atomic E-state index is -3.53. The summed E-state index contributed by atoms with van der Waals surface area (Å²) in [6, 6.07) is 12.4. The lowest BCUT2D eigenvalue weighted by molar-refractivity contribution is -0.117. The lowest BCUT2D eigenvalue weighted by Crippen LogP contribution is -2.17. The molecule has 2 aromatic carbocycles. The molecule has 0 bridgehead atoms. The molecule has 0 fully saturated rings. The van der Waals surface area contributed by atoms with Crippen LogP contribution in [0.5, 0.6) is 0 Å². The van der Waals surface area contributed by atoms with Gasteiger partial charge in [-0.15, -0.1) is 0 Å². The smallest absolute Gasteiger partial charge is 0.249 e. The Labute approximate surface area is 154 Å². The summed E-state index contributed by atoms with van der Waals surface area (Å²) in [5.41, 5.74) is 0.794. The first kappa shape index (κ1) is 18.5. The molecule has 1 aromatic heterocycles. The van der Waals surface area contributed by atoms with Crippen molar-refractivity contribution in [2.24, 2.45) is 4.99 Å². The Morgan fingerprint density at radius 2 is 1.92 bits per heavy atom. The molecule has 0 unspecified atom stereocenters. The van der Waals surface area contributed by atoms with E-state index in [4.69, 9.17) is 0 Å². The highest BCUT2D eigenvalue weighted by atomic mass is 32.2. The van der Waals surface area contributed by atoms with Crippen LogP contribution in [0.15, 0.2) is 58.4 Å². The Morgan fingerprint density at radius 3 is 2.62 bits per heavy atom. The van der Waals surface area contributed by atoms with Crippen molar-refractivity contribution in [1.82, 2.24) is 4.57 Å². The highest BCUT2D eigenvalue weighted by Crippen LogP contribution is 2.18. The summed E-state index contributed by atoms with van der Waals surface area (Å²) in [7, 11) is -3.53. The van der Waals surface area contributed by atoms with Crippen molar-refractivity contribution in [3.8, 4) is 0 Å². The molecule has 26 heavy (non-hydrogen) atoms. The Morgan fingerprint density at radius 1 is 1.19 bits per heavy atom. The van der Waals surface area contributed by atoms with Crippen LogP contribution in [0.4, 0.5) is 4.39 Å². The predicted molar refractivity (Wildman–Crippen MR) is 99.1 cm³/mol. The van der Waals surface area contributed by atoms with E-state index in [0.29, 0.717) is 16.0 Å². The van der Waals surface area contributed by atoms with Crippen molar-refractivity contribution in [1.29, 1.82) is 0 Å². The number of hydrogen-bond donors (Lipinski definition) is 0. The number of aryl methyl sites for hydroxylation is 1. The molecular weight excluding hydrogens is 375 g/mol. The highest BCUT2D eigenvalue weighted by Gasteiger charge is 2.16. The van der Waals surface area contributed by atoms with Gasteiger partial charge in [0, 0.05) is 13.0 Å². The van der Waals surface area contributed by atoms with Crippen LogP contribution in [0.25, 0.3) is 10.2 Å². The molecule has 0 aliphatic rings. The zero-order chi connectivity index (χ0) is 18.7. The molecule has 0 spiro atoms. The summed E-state index contributed by atoms with van der Waals surface area (Å²) in [4.78, 5) is 16.9. The summed E-state index contributed by atoms with van der Waals surface area (Å²) >= 11 is 1.21. The molecule has 0 saturated carbocycles. The fourth-order valence-corrected chi connectivity index (χ4v) is 4.95. The number of thiazole rings is 1. The minimum Gasteiger partial charge on any atom is -0.317 e. The SMILES string of the molecule is CCn1c(=NC(=O)CCS(=O)(=O)c2ccccc2)sc2cc(F)ccc21. The van der Waals surface area contributed by atoms with Crippen LogP contribution in [0, 0.1) is 5.82 Å². The topological polar surface area (TPSA) is 68.5 Å². The molecule has 136 valence electrons. The van der Waals surface area contributed by atoms with Gasteiger partial charge < -0.3 is 4.57 Å². The average molecular weight is 392 g/mol. The van der Waals surface area contributed by atoms with E-state index in [-0.39, 0.29) is 22.9 Å². The van der Waals surface area contributed by atoms with Crippen LogP contribution in [-0.4, -0.2) is 24.6 Å². The van der Waals surface area contributed by atoms with E-state index in [1.54, 1.807) is 24.3 Å². The fraction of sp³-hybridized carbons (Fsp3) is 0.222. The highest BCUT2D eigenvalue weighted by molar-refractivity contribution is 7.91. The van der Waals surface area contributed by atoms with Gasteiger partial charge in [-0.1, -0.05) is 29.5 Å². The predicted octanol–water partition coefficient (Wildman–Crippen LogP) is 3.15. The molecule has 3 rings (SSSR count). The van der Waals surface area contributed by atoms with Gasteiger partial charge in [-0.3, -0.25) is 4.79 Å². The molecule has 0 saturated heterocycles. The van der Waals surface area contributed by atoms with Crippen LogP contribution in [0.2, 0.25) is 0 Å². The van der Waals surface area contributed by atoms with Gasteiger partial charge in [0.1, 0.15) is 5.82 Å². The van der Waals surface area contributed by atoms with Gasteiger partial charge in [0.15, 0.2) is 14.6 Å². The third-order valence-electron chi connectivity index (χ3n) is 3.87. The summed E-state index contributed by atoms with van der Waals surface area (Å²) < 4.78 is 40.4. The third-order valence-corrected chi connectivity index (χ3v) is 6.64. The third kappa shape index (κ3) is 3.91. The van der Waals surface area contributed by atoms with Gasteiger partial charge in [0.2, 0.25) is 5.91 Å². The second kappa shape index (κ2) is 7.51. The molecule has 5 nitrogen and oxygen atoms in total. The first-order valence-corrected chi connectivity index (χ1v) is 10.5. The summed E-state index contributed by atoms with van der Waals surface area (Å²) in [5, 5.41) is 0. The summed E-state index contributed by atoms with van der Waals surface area (Å²) in [6.45, 7) is 2.47. The van der Waals surface area contributed by atoms with E-state index < -0.39 is 15.7 Å². The molecular formula is C18H17FN2O3S2. The number of nitrogens with zero attached hydrogens (tertiary/aromatic N) is 2. The molecule has 8 heteroatoms. The van der Waals surface area contributed by atoms with Crippen LogP contribution >= 0.6 is 11.3 Å². The number of aromatic nitrogens is 1. The Hall–Kier alpha value is -2.32. The number of halogens is 1. The van der Waals surface area contributed by atoms with Crippen LogP contribution in [0.3, 0.4) is 0 Å². The van der Waals surface area contributed by atoms with Gasteiger partial charge in [-0.2, -0.15) is 4.99 Å². The number of hydrogen-bond acceptors (Lipinski definition) is 4. The van der Waals surface area contributed by atoms with Gasteiger partial charge in [0.05, 0.1) is 20.9 Å². The number of rotatable bonds is 5. The summed E-state index contributed by atoms with van der Waals surface area (Å²) in [6.07, 6.45) is -0.205. The number of amides is 1. The van der Waals surface area contributed by atoms with Crippen LogP contribution in [0.1, 0.15) is 13.3 Å². The van der Waals surface area contributed by atoms with Gasteiger partial charge >= 0.3 is 0 Å². The standard InChI is InChI=1S/C18H17FN2O3S2/c1-2-21-15-9-8-13(19)12-16(15)25-18(21)20-17(22)10-11-26(23,24)14-6-4-3-5-7-14/h3-9,12H,2,10-11H2,1H3. The van der Waals surface area contributed by atoms with Crippen molar-refractivity contribution in [3.63, 3.8) is 0 Å². The Bertz CT molecular complexity index is 1120. The number of carbonyl (C=O) groups is 1. The molecule has 0 aliphatic heterocycles. The van der Waals surface area contributed by atoms with Crippen molar-refractivity contribution in [2.75, 3.05) is 5.75 Å². The quantitative estimate of drug-likeness (QED) is 0.670. The van der Waals surface area contributed by atoms with Gasteiger partial charge in [-0.25, -0.2) is 12.8 Å². The number of fused-ring (bicyclic) bond motifs is 1. The number of carbonyl (C=O) groups excluding carboxylic acids is 1. The number of sulfone groups is 1. The number of benzene rings is 2. The van der Waals surface area contributed by atoms with Crippen molar-refractivity contribution in [3.05, 3.63) is 59.1 Å². The van der Waals surface area contributed by atoms with Crippen LogP contribution < -0.4 is 4.80 Å². The monoisotopic (exact) mass is 392 g/mol. The Kier molecular flexibility index (Phi) is 5.33. The molecule has 1 heterocycles. The minimum absolute atomic E-state index is 0.189. The van der Waals surface area contributed by atoms with E-state index in [0.717, 1.165) is 5.52 Å². The molecule has 0 aliphatic carbocycles. The lowest BCUT2D eigenvalue weighted by atomic mass is 10.3. The lowest BCUT2D eigenvalue weighted by Gasteiger charge is -2.02. The van der Waals surface area contributed by atoms with Crippen LogP contribution in [-0.2, 0) is 21.2 Å². The molecule has 0 atom stereocenters. The van der Waals surface area contributed by atoms with E-state index in [1.165, 1.54) is 35.6 Å². The largest absolute Gasteiger partial charge is 0.317 e. The van der Waals surface area contributed by atoms with E-state index in [2.05, 4.69) is 4.99 Å². The first-order chi connectivity index (χ1) is 12.4. The van der Waals surface area contributed by atoms with Crippen molar-refractivity contribution in [2.45, 2.75) is 24.8 Å². The first-order valence-electron chi connectivity index (χ1n) is 8.05. The maximum atomic E-state index is 13.4. The van der Waals surface area contributed by atoms with Gasteiger partial charge in [-0.05, 0) is 37.3 Å². The second-order valence-corrected chi connectivity index (χ2v) is 8.75.